The van der Waals surface area contributed by atoms with E-state index in [9.17, 15) is 5.11 Å². The van der Waals surface area contributed by atoms with Gasteiger partial charge in [-0.25, -0.2) is 19.9 Å². The molecule has 2 aromatic heterocycles. The van der Waals surface area contributed by atoms with Gasteiger partial charge in [0.05, 0.1) is 39.8 Å². The Hall–Kier alpha value is -3.55. The van der Waals surface area contributed by atoms with Crippen molar-refractivity contribution in [3.63, 3.8) is 0 Å². The van der Waals surface area contributed by atoms with Crippen molar-refractivity contribution in [2.75, 3.05) is 57.2 Å². The van der Waals surface area contributed by atoms with Gasteiger partial charge >= 0.3 is 0 Å². The summed E-state index contributed by atoms with van der Waals surface area (Å²) in [6.45, 7) is 5.05. The van der Waals surface area contributed by atoms with E-state index in [2.05, 4.69) is 25.4 Å². The second-order valence-electron chi connectivity index (χ2n) is 10.4. The van der Waals surface area contributed by atoms with Gasteiger partial charge in [-0.05, 0) is 32.2 Å². The van der Waals surface area contributed by atoms with Gasteiger partial charge in [-0.1, -0.05) is 23.2 Å². The number of allylic oxidation sites excluding steroid dienone is 1. The lowest BCUT2D eigenvalue weighted by Crippen LogP contribution is -2.52. The number of aromatic nitrogens is 4. The number of benzene rings is 1. The largest absolute Gasteiger partial charge is 0.491 e. The summed E-state index contributed by atoms with van der Waals surface area (Å²) in [7, 11) is 5.21. The van der Waals surface area contributed by atoms with Crippen LogP contribution in [-0.4, -0.2) is 90.9 Å². The molecule has 0 amide bonds. The number of aliphatic hydroxyl groups excluding tert-OH is 1. The molecule has 14 heteroatoms. The second kappa shape index (κ2) is 13.4. The highest BCUT2D eigenvalue weighted by Crippen LogP contribution is 2.36. The summed E-state index contributed by atoms with van der Waals surface area (Å²) in [6.07, 6.45) is 2.47. The number of nitrogens with zero attached hydrogens (tertiary/aromatic N) is 6. The van der Waals surface area contributed by atoms with Crippen LogP contribution in [0.3, 0.4) is 0 Å². The molecule has 0 bridgehead atoms. The van der Waals surface area contributed by atoms with Gasteiger partial charge in [0.2, 0.25) is 5.95 Å². The molecule has 4 heterocycles. The number of nitrogens with one attached hydrogen (secondary N) is 3. The lowest BCUT2D eigenvalue weighted by molar-refractivity contribution is 0.0778. The normalized spacial score (nSPS) is 16.0. The molecule has 1 atom stereocenters. The average Bonchev–Trinajstić information content (AvgIpc) is 3.41. The molecule has 3 aromatic rings. The number of aliphatic hydroxyl groups is 1. The number of likely N-dealkylation sites (N-methyl/N-ethyl adjacent to an activating group) is 1. The van der Waals surface area contributed by atoms with Gasteiger partial charge in [0, 0.05) is 69.4 Å². The molecule has 0 unspecified atom stereocenters. The van der Waals surface area contributed by atoms with Gasteiger partial charge in [-0.15, -0.1) is 0 Å². The number of halogens is 2. The van der Waals surface area contributed by atoms with Gasteiger partial charge in [0.1, 0.15) is 24.3 Å². The van der Waals surface area contributed by atoms with Crippen molar-refractivity contribution in [1.29, 1.82) is 5.41 Å². The lowest BCUT2D eigenvalue weighted by Gasteiger charge is -2.38. The van der Waals surface area contributed by atoms with Crippen LogP contribution in [0.1, 0.15) is 22.5 Å². The van der Waals surface area contributed by atoms with Crippen LogP contribution in [0.15, 0.2) is 29.4 Å². The fourth-order valence-corrected chi connectivity index (χ4v) is 5.43. The Morgan fingerprint density at radius 1 is 1.21 bits per heavy atom. The molecule has 5 rings (SSSR count). The molecule has 2 aliphatic rings. The minimum absolute atomic E-state index is 0.105. The number of fused-ring (bicyclic) bond motifs is 1. The molecule has 0 spiro atoms. The first-order chi connectivity index (χ1) is 20.8. The highest BCUT2D eigenvalue weighted by Gasteiger charge is 2.31. The first-order valence-corrected chi connectivity index (χ1v) is 14.6. The summed E-state index contributed by atoms with van der Waals surface area (Å²) < 4.78 is 11.2. The molecular weight excluding hydrogens is 593 g/mol. The number of rotatable bonds is 12. The van der Waals surface area contributed by atoms with Crippen LogP contribution in [0, 0.1) is 12.3 Å². The Morgan fingerprint density at radius 2 is 2.00 bits per heavy atom. The molecule has 1 aromatic carbocycles. The van der Waals surface area contributed by atoms with Crippen LogP contribution >= 0.6 is 23.2 Å². The molecule has 12 nitrogen and oxygen atoms in total. The SMILES string of the molecule is CNC[C@@H](O)COc1ccc(Cl)c(-c2nc(/C(NC)=C(\Cl)C=N)c(C)c(N3Cc4cnc(N5CC(OC)C5)nc4C3)n2)c1. The zero-order valence-corrected chi connectivity index (χ0v) is 26.0. The standard InChI is InChI=1S/C29H35Cl2N9O3/c1-16-25(26(34-3)23(31)8-32)37-27(21-7-19(5-6-22(21)30)43-15-18(41)10-33-2)38-28(16)39-11-17-9-35-29(36-24(17)14-39)40-12-20(13-40)42-4/h5-9,18,20,32-34,41H,10-15H2,1-4H3/b26-23+,32-8?/t18-/m1/s1. The fraction of sp³-hybridized carbons (Fsp3) is 0.414. The van der Waals surface area contributed by atoms with Gasteiger partial charge in [0.15, 0.2) is 5.82 Å². The van der Waals surface area contributed by atoms with E-state index in [0.29, 0.717) is 65.0 Å². The molecule has 4 N–H and O–H groups in total. The van der Waals surface area contributed by atoms with E-state index in [1.54, 1.807) is 39.4 Å². The Morgan fingerprint density at radius 3 is 2.70 bits per heavy atom. The van der Waals surface area contributed by atoms with Crippen molar-refractivity contribution in [3.8, 4) is 17.1 Å². The van der Waals surface area contributed by atoms with E-state index in [1.165, 1.54) is 0 Å². The zero-order valence-electron chi connectivity index (χ0n) is 24.5. The second-order valence-corrected chi connectivity index (χ2v) is 11.2. The highest BCUT2D eigenvalue weighted by molar-refractivity contribution is 6.42. The van der Waals surface area contributed by atoms with Crippen LogP contribution in [0.5, 0.6) is 5.75 Å². The van der Waals surface area contributed by atoms with Gasteiger partial charge < -0.3 is 40.4 Å². The molecular formula is C29H35Cl2N9O3. The number of hydrogen-bond acceptors (Lipinski definition) is 12. The van der Waals surface area contributed by atoms with Crippen LogP contribution < -0.4 is 25.2 Å². The Bertz CT molecular complexity index is 1530. The predicted molar refractivity (Wildman–Crippen MR) is 168 cm³/mol. The Balaban J connectivity index is 1.53. The van der Waals surface area contributed by atoms with Crippen LogP contribution in [-0.2, 0) is 17.8 Å². The molecule has 228 valence electrons. The van der Waals surface area contributed by atoms with Gasteiger partial charge in [0.25, 0.3) is 0 Å². The average molecular weight is 629 g/mol. The maximum absolute atomic E-state index is 10.1. The summed E-state index contributed by atoms with van der Waals surface area (Å²) in [6, 6.07) is 5.20. The monoisotopic (exact) mass is 627 g/mol. The Labute approximate surface area is 260 Å². The van der Waals surface area contributed by atoms with Gasteiger partial charge in [-0.3, -0.25) is 0 Å². The minimum atomic E-state index is -0.674. The summed E-state index contributed by atoms with van der Waals surface area (Å²) in [4.78, 5) is 23.5. The number of hydrogen-bond donors (Lipinski definition) is 4. The number of methoxy groups -OCH3 is 1. The third-order valence-electron chi connectivity index (χ3n) is 7.44. The summed E-state index contributed by atoms with van der Waals surface area (Å²) in [5.41, 5.74) is 4.30. The number of anilines is 2. The first kappa shape index (κ1) is 30.9. The topological polar surface area (TPSA) is 145 Å². The van der Waals surface area contributed by atoms with E-state index in [0.717, 1.165) is 36.1 Å². The quantitative estimate of drug-likeness (QED) is 0.220. The van der Waals surface area contributed by atoms with Crippen LogP contribution in [0.4, 0.5) is 11.8 Å². The third-order valence-corrected chi connectivity index (χ3v) is 8.07. The number of ether oxygens (including phenoxy) is 2. The maximum Gasteiger partial charge on any atom is 0.225 e. The van der Waals surface area contributed by atoms with Gasteiger partial charge in [-0.2, -0.15) is 0 Å². The van der Waals surface area contributed by atoms with Crippen molar-refractivity contribution in [1.82, 2.24) is 30.6 Å². The molecule has 0 radical (unpaired) electrons. The van der Waals surface area contributed by atoms with Crippen molar-refractivity contribution in [2.24, 2.45) is 0 Å². The summed E-state index contributed by atoms with van der Waals surface area (Å²) in [5, 5.41) is 24.5. The first-order valence-electron chi connectivity index (χ1n) is 13.9. The van der Waals surface area contributed by atoms with Crippen molar-refractivity contribution in [2.45, 2.75) is 32.2 Å². The Kier molecular flexibility index (Phi) is 9.62. The predicted octanol–water partition coefficient (Wildman–Crippen LogP) is 2.99. The third kappa shape index (κ3) is 6.53. The van der Waals surface area contributed by atoms with E-state index < -0.39 is 6.10 Å². The van der Waals surface area contributed by atoms with Crippen LogP contribution in [0.25, 0.3) is 17.1 Å². The van der Waals surface area contributed by atoms with Crippen LogP contribution in [0.2, 0.25) is 5.02 Å². The molecule has 1 saturated heterocycles. The molecule has 0 aliphatic carbocycles. The smallest absolute Gasteiger partial charge is 0.225 e. The fourth-order valence-electron chi connectivity index (χ4n) is 5.05. The van der Waals surface area contributed by atoms with E-state index in [1.807, 2.05) is 13.1 Å². The zero-order chi connectivity index (χ0) is 30.7. The maximum atomic E-state index is 10.1. The molecule has 0 saturated carbocycles. The van der Waals surface area contributed by atoms with Crippen molar-refractivity contribution < 1.29 is 14.6 Å². The van der Waals surface area contributed by atoms with E-state index in [4.69, 9.17) is 53.0 Å². The summed E-state index contributed by atoms with van der Waals surface area (Å²) in [5.74, 6) is 2.24. The summed E-state index contributed by atoms with van der Waals surface area (Å²) >= 11 is 13.1. The van der Waals surface area contributed by atoms with E-state index >= 15 is 0 Å². The van der Waals surface area contributed by atoms with Crippen molar-refractivity contribution >= 4 is 46.9 Å². The van der Waals surface area contributed by atoms with E-state index in [-0.39, 0.29) is 17.7 Å². The molecule has 2 aliphatic heterocycles. The van der Waals surface area contributed by atoms with Crippen molar-refractivity contribution in [3.05, 3.63) is 57.0 Å². The lowest BCUT2D eigenvalue weighted by atomic mass is 10.1. The highest BCUT2D eigenvalue weighted by atomic mass is 35.5. The molecule has 43 heavy (non-hydrogen) atoms. The molecule has 1 fully saturated rings. The minimum Gasteiger partial charge on any atom is -0.491 e.